The van der Waals surface area contributed by atoms with Crippen molar-refractivity contribution in [2.75, 3.05) is 18.5 Å². The van der Waals surface area contributed by atoms with E-state index >= 15 is 0 Å². The molecule has 20 heavy (non-hydrogen) atoms. The van der Waals surface area contributed by atoms with Gasteiger partial charge < -0.3 is 10.0 Å². The fourth-order valence-corrected chi connectivity index (χ4v) is 2.24. The summed E-state index contributed by atoms with van der Waals surface area (Å²) in [4.78, 5) is 16.6. The highest BCUT2D eigenvalue weighted by Crippen LogP contribution is 2.31. The predicted molar refractivity (Wildman–Crippen MR) is 69.5 cm³/mol. The Hall–Kier alpha value is -2.25. The molecule has 2 aromatic rings. The Morgan fingerprint density at radius 3 is 2.75 bits per heavy atom. The number of anilines is 1. The van der Waals surface area contributed by atoms with Gasteiger partial charge in [-0.3, -0.25) is 4.68 Å². The van der Waals surface area contributed by atoms with Crippen LogP contribution in [0.5, 0.6) is 0 Å². The molecule has 108 valence electrons. The number of carbonyl (C=O) groups is 1. The van der Waals surface area contributed by atoms with E-state index in [4.69, 9.17) is 0 Å². The minimum absolute atomic E-state index is 0.114. The number of pyridine rings is 1. The summed E-state index contributed by atoms with van der Waals surface area (Å²) in [5, 5.41) is 13.9. The number of rotatable bonds is 4. The second-order valence-electron chi connectivity index (χ2n) is 4.50. The monoisotopic (exact) mass is 284 g/mol. The molecule has 0 aliphatic rings. The van der Waals surface area contributed by atoms with Crippen LogP contribution in [0.1, 0.15) is 16.1 Å². The van der Waals surface area contributed by atoms with Crippen LogP contribution in [-0.2, 0) is 7.05 Å². The minimum atomic E-state index is -2.57. The lowest BCUT2D eigenvalue weighted by Crippen LogP contribution is -2.26. The maximum absolute atomic E-state index is 12.6. The molecule has 2 rings (SSSR count). The summed E-state index contributed by atoms with van der Waals surface area (Å²) in [5.41, 5.74) is 1.11. The van der Waals surface area contributed by atoms with Gasteiger partial charge in [-0.2, -0.15) is 5.10 Å². The van der Waals surface area contributed by atoms with Crippen LogP contribution < -0.4 is 4.90 Å². The molecule has 0 saturated heterocycles. The molecule has 2 heterocycles. The lowest BCUT2D eigenvalue weighted by molar-refractivity contribution is 0.0696. The van der Waals surface area contributed by atoms with Crippen LogP contribution in [0.25, 0.3) is 11.0 Å². The number of aryl methyl sites for hydroxylation is 2. The van der Waals surface area contributed by atoms with Crippen LogP contribution in [-0.4, -0.2) is 45.9 Å². The van der Waals surface area contributed by atoms with Gasteiger partial charge in [-0.05, 0) is 6.92 Å². The van der Waals surface area contributed by atoms with E-state index in [-0.39, 0.29) is 11.3 Å². The third-order valence-corrected chi connectivity index (χ3v) is 3.02. The molecule has 0 spiro atoms. The maximum atomic E-state index is 12.6. The topological polar surface area (TPSA) is 71.2 Å². The van der Waals surface area contributed by atoms with Crippen molar-refractivity contribution in [1.82, 2.24) is 14.8 Å². The second-order valence-corrected chi connectivity index (χ2v) is 4.50. The van der Waals surface area contributed by atoms with Gasteiger partial charge in [-0.25, -0.2) is 18.6 Å². The molecule has 0 saturated carbocycles. The number of carboxylic acid groups (broad SMARTS) is 1. The number of hydrogen-bond donors (Lipinski definition) is 1. The molecular formula is C12H14F2N4O2. The van der Waals surface area contributed by atoms with Crippen molar-refractivity contribution in [3.63, 3.8) is 0 Å². The SMILES string of the molecule is Cc1nn(C)c2ncc(C(=O)O)c(N(C)CC(F)F)c12. The Morgan fingerprint density at radius 1 is 1.55 bits per heavy atom. The van der Waals surface area contributed by atoms with E-state index in [1.54, 1.807) is 14.0 Å². The van der Waals surface area contributed by atoms with Gasteiger partial charge in [-0.1, -0.05) is 0 Å². The van der Waals surface area contributed by atoms with Crippen molar-refractivity contribution < 1.29 is 18.7 Å². The molecule has 0 atom stereocenters. The quantitative estimate of drug-likeness (QED) is 0.924. The van der Waals surface area contributed by atoms with Crippen LogP contribution in [0.3, 0.4) is 0 Å². The number of alkyl halides is 2. The summed E-state index contributed by atoms with van der Waals surface area (Å²) in [7, 11) is 3.10. The fraction of sp³-hybridized carbons (Fsp3) is 0.417. The average Bonchev–Trinajstić information content (AvgIpc) is 2.63. The lowest BCUT2D eigenvalue weighted by atomic mass is 10.1. The zero-order valence-electron chi connectivity index (χ0n) is 11.3. The van der Waals surface area contributed by atoms with E-state index in [2.05, 4.69) is 10.1 Å². The molecule has 0 fully saturated rings. The van der Waals surface area contributed by atoms with Gasteiger partial charge in [0.25, 0.3) is 6.43 Å². The van der Waals surface area contributed by atoms with E-state index in [1.807, 2.05) is 0 Å². The van der Waals surface area contributed by atoms with Crippen molar-refractivity contribution in [3.8, 4) is 0 Å². The van der Waals surface area contributed by atoms with Gasteiger partial charge in [0, 0.05) is 20.3 Å². The highest BCUT2D eigenvalue weighted by atomic mass is 19.3. The van der Waals surface area contributed by atoms with E-state index in [9.17, 15) is 18.7 Å². The van der Waals surface area contributed by atoms with Gasteiger partial charge in [0.2, 0.25) is 0 Å². The summed E-state index contributed by atoms with van der Waals surface area (Å²) in [6, 6.07) is 0. The van der Waals surface area contributed by atoms with Gasteiger partial charge in [0.05, 0.1) is 23.3 Å². The third-order valence-electron chi connectivity index (χ3n) is 3.02. The zero-order valence-corrected chi connectivity index (χ0v) is 11.3. The first kappa shape index (κ1) is 14.2. The molecule has 1 N–H and O–H groups in total. The van der Waals surface area contributed by atoms with Crippen LogP contribution in [0.4, 0.5) is 14.5 Å². The molecule has 0 aliphatic heterocycles. The number of nitrogens with zero attached hydrogens (tertiary/aromatic N) is 4. The number of halogens is 2. The molecule has 0 aromatic carbocycles. The van der Waals surface area contributed by atoms with E-state index in [1.165, 1.54) is 22.8 Å². The number of aromatic carboxylic acids is 1. The Morgan fingerprint density at radius 2 is 2.20 bits per heavy atom. The first-order chi connectivity index (χ1) is 9.32. The van der Waals surface area contributed by atoms with Gasteiger partial charge in [-0.15, -0.1) is 0 Å². The minimum Gasteiger partial charge on any atom is -0.478 e. The Balaban J connectivity index is 2.74. The van der Waals surface area contributed by atoms with Crippen molar-refractivity contribution >= 4 is 22.7 Å². The predicted octanol–water partition coefficient (Wildman–Crippen LogP) is 1.68. The molecule has 0 unspecified atom stereocenters. The molecule has 8 heteroatoms. The van der Waals surface area contributed by atoms with E-state index in [0.29, 0.717) is 16.7 Å². The maximum Gasteiger partial charge on any atom is 0.339 e. The smallest absolute Gasteiger partial charge is 0.339 e. The largest absolute Gasteiger partial charge is 0.478 e. The molecule has 0 amide bonds. The summed E-state index contributed by atoms with van der Waals surface area (Å²) in [5.74, 6) is -1.21. The van der Waals surface area contributed by atoms with Gasteiger partial charge in [0.15, 0.2) is 5.65 Å². The summed E-state index contributed by atoms with van der Waals surface area (Å²) < 4.78 is 26.7. The van der Waals surface area contributed by atoms with Gasteiger partial charge >= 0.3 is 5.97 Å². The van der Waals surface area contributed by atoms with E-state index < -0.39 is 18.9 Å². The molecule has 0 aliphatic carbocycles. The fourth-order valence-electron chi connectivity index (χ4n) is 2.24. The van der Waals surface area contributed by atoms with Crippen molar-refractivity contribution in [3.05, 3.63) is 17.5 Å². The first-order valence-electron chi connectivity index (χ1n) is 5.87. The lowest BCUT2D eigenvalue weighted by Gasteiger charge is -2.21. The molecular weight excluding hydrogens is 270 g/mol. The Labute approximate surface area is 113 Å². The number of aromatic nitrogens is 3. The Kier molecular flexibility index (Phi) is 3.56. The van der Waals surface area contributed by atoms with Gasteiger partial charge in [0.1, 0.15) is 5.56 Å². The van der Waals surface area contributed by atoms with Crippen LogP contribution in [0.2, 0.25) is 0 Å². The number of carboxylic acids is 1. The zero-order chi connectivity index (χ0) is 15.0. The molecule has 0 bridgehead atoms. The van der Waals surface area contributed by atoms with Crippen molar-refractivity contribution in [2.24, 2.45) is 7.05 Å². The van der Waals surface area contributed by atoms with Crippen LogP contribution in [0.15, 0.2) is 6.20 Å². The first-order valence-corrected chi connectivity index (χ1v) is 5.87. The highest BCUT2D eigenvalue weighted by molar-refractivity contribution is 6.04. The normalized spacial score (nSPS) is 11.3. The summed E-state index contributed by atoms with van der Waals surface area (Å²) in [6.45, 7) is 1.13. The summed E-state index contributed by atoms with van der Waals surface area (Å²) >= 11 is 0. The van der Waals surface area contributed by atoms with Crippen molar-refractivity contribution in [1.29, 1.82) is 0 Å². The van der Waals surface area contributed by atoms with Crippen molar-refractivity contribution in [2.45, 2.75) is 13.3 Å². The van der Waals surface area contributed by atoms with Crippen LogP contribution in [0, 0.1) is 6.92 Å². The highest BCUT2D eigenvalue weighted by Gasteiger charge is 2.23. The summed E-state index contributed by atoms with van der Waals surface area (Å²) in [6.07, 6.45) is -1.40. The standard InChI is InChI=1S/C12H14F2N4O2/c1-6-9-10(17(2)5-8(13)14)7(12(19)20)4-15-11(9)18(3)16-6/h4,8H,5H2,1-3H3,(H,19,20). The number of fused-ring (bicyclic) bond motifs is 1. The second kappa shape index (κ2) is 5.03. The third kappa shape index (κ3) is 2.28. The molecule has 0 radical (unpaired) electrons. The number of hydrogen-bond acceptors (Lipinski definition) is 4. The average molecular weight is 284 g/mol. The molecule has 6 nitrogen and oxygen atoms in total. The Bertz CT molecular complexity index is 669. The van der Waals surface area contributed by atoms with Crippen LogP contribution >= 0.6 is 0 Å². The van der Waals surface area contributed by atoms with E-state index in [0.717, 1.165) is 0 Å². The molecule has 2 aromatic heterocycles.